The quantitative estimate of drug-likeness (QED) is 0.246. The van der Waals surface area contributed by atoms with E-state index < -0.39 is 35.8 Å². The van der Waals surface area contributed by atoms with E-state index in [0.717, 1.165) is 16.7 Å². The first-order chi connectivity index (χ1) is 20.0. The lowest BCUT2D eigenvalue weighted by molar-refractivity contribution is -0.253. The van der Waals surface area contributed by atoms with Crippen LogP contribution in [-0.2, 0) is 57.8 Å². The van der Waals surface area contributed by atoms with Gasteiger partial charge in [0.05, 0.1) is 32.7 Å². The molecular weight excluding hydrogens is 544 g/mol. The number of methoxy groups -OCH3 is 1. The predicted octanol–water partition coefficient (Wildman–Crippen LogP) is 4.94. The van der Waals surface area contributed by atoms with E-state index in [1.54, 1.807) is 0 Å². The Bertz CT molecular complexity index is 1190. The van der Waals surface area contributed by atoms with E-state index in [2.05, 4.69) is 0 Å². The summed E-state index contributed by atoms with van der Waals surface area (Å²) in [5.74, 6) is -0.771. The van der Waals surface area contributed by atoms with Crippen LogP contribution in [0.15, 0.2) is 91.0 Å². The fourth-order valence-corrected chi connectivity index (χ4v) is 5.49. The Morgan fingerprint density at radius 2 is 1.17 bits per heavy atom. The third-order valence-corrected chi connectivity index (χ3v) is 7.60. The van der Waals surface area contributed by atoms with Crippen molar-refractivity contribution in [2.24, 2.45) is 0 Å². The summed E-state index contributed by atoms with van der Waals surface area (Å²) in [5.41, 5.74) is 2.31. The molecule has 3 aromatic rings. The Morgan fingerprint density at radius 1 is 0.707 bits per heavy atom. The highest BCUT2D eigenvalue weighted by atomic mass is 32.2. The van der Waals surface area contributed by atoms with Crippen LogP contribution in [0, 0.1) is 0 Å². The van der Waals surface area contributed by atoms with Crippen molar-refractivity contribution in [1.82, 2.24) is 0 Å². The molecule has 8 nitrogen and oxygen atoms in total. The molecule has 0 unspecified atom stereocenters. The summed E-state index contributed by atoms with van der Waals surface area (Å²) in [6.45, 7) is 2.20. The maximum atomic E-state index is 12.1. The molecule has 1 fully saturated rings. The van der Waals surface area contributed by atoms with E-state index >= 15 is 0 Å². The molecular formula is C32H36O8S. The summed E-state index contributed by atoms with van der Waals surface area (Å²) in [6.07, 6.45) is -2.56. The standard InChI is InChI=1S/C32H36O8S/c1-23(33)36-21-27-29(37-18-24-12-6-3-7-13-24)30(38-19-25-14-8-4-9-15-25)31(32(40-27)41-22-28(34)35-2)39-20-26-16-10-5-11-17-26/h3-17,27,29-32H,18-22H2,1-2H3/t27-,29-,30+,31-,32-/m1/s1. The second kappa shape index (κ2) is 16.3. The van der Waals surface area contributed by atoms with E-state index in [1.807, 2.05) is 91.0 Å². The lowest BCUT2D eigenvalue weighted by Gasteiger charge is -2.45. The lowest BCUT2D eigenvalue weighted by Crippen LogP contribution is -2.60. The molecule has 5 atom stereocenters. The van der Waals surface area contributed by atoms with Crippen LogP contribution in [0.25, 0.3) is 0 Å². The molecule has 0 aromatic heterocycles. The van der Waals surface area contributed by atoms with Gasteiger partial charge in [-0.2, -0.15) is 0 Å². The highest BCUT2D eigenvalue weighted by Crippen LogP contribution is 2.35. The second-order valence-electron chi connectivity index (χ2n) is 9.52. The molecule has 0 N–H and O–H groups in total. The molecule has 3 aromatic carbocycles. The number of benzene rings is 3. The van der Waals surface area contributed by atoms with Crippen LogP contribution in [0.4, 0.5) is 0 Å². The molecule has 0 amide bonds. The van der Waals surface area contributed by atoms with Crippen molar-refractivity contribution in [1.29, 1.82) is 0 Å². The SMILES string of the molecule is COC(=O)CS[C@H]1O[C@H](COC(C)=O)[C@@H](OCc2ccccc2)[C@H](OCc2ccccc2)[C@H]1OCc1ccccc1. The minimum atomic E-state index is -0.671. The van der Waals surface area contributed by atoms with Crippen molar-refractivity contribution >= 4 is 23.7 Å². The Balaban J connectivity index is 1.65. The summed E-state index contributed by atoms with van der Waals surface area (Å²) in [5, 5.41) is 0. The van der Waals surface area contributed by atoms with Crippen LogP contribution in [0.2, 0.25) is 0 Å². The molecule has 4 rings (SSSR count). The number of carbonyl (C=O) groups excluding carboxylic acids is 2. The fraction of sp³-hybridized carbons (Fsp3) is 0.375. The van der Waals surface area contributed by atoms with Gasteiger partial charge in [0.2, 0.25) is 0 Å². The average Bonchev–Trinajstić information content (AvgIpc) is 3.01. The average molecular weight is 581 g/mol. The Morgan fingerprint density at radius 3 is 1.63 bits per heavy atom. The molecule has 1 heterocycles. The van der Waals surface area contributed by atoms with Crippen LogP contribution < -0.4 is 0 Å². The summed E-state index contributed by atoms with van der Waals surface area (Å²) >= 11 is 1.26. The van der Waals surface area contributed by atoms with Gasteiger partial charge >= 0.3 is 11.9 Å². The van der Waals surface area contributed by atoms with Gasteiger partial charge in [0.25, 0.3) is 0 Å². The first-order valence-corrected chi connectivity index (χ1v) is 14.5. The van der Waals surface area contributed by atoms with Gasteiger partial charge in [0.15, 0.2) is 0 Å². The van der Waals surface area contributed by atoms with Crippen LogP contribution >= 0.6 is 11.8 Å². The van der Waals surface area contributed by atoms with Gasteiger partial charge in [-0.3, -0.25) is 9.59 Å². The highest BCUT2D eigenvalue weighted by molar-refractivity contribution is 8.00. The van der Waals surface area contributed by atoms with Gasteiger partial charge in [-0.25, -0.2) is 0 Å². The van der Waals surface area contributed by atoms with Crippen LogP contribution in [0.3, 0.4) is 0 Å². The fourth-order valence-electron chi connectivity index (χ4n) is 4.42. The Kier molecular flexibility index (Phi) is 12.2. The van der Waals surface area contributed by atoms with E-state index in [1.165, 1.54) is 25.8 Å². The molecule has 1 aliphatic rings. The molecule has 1 aliphatic heterocycles. The monoisotopic (exact) mass is 580 g/mol. The highest BCUT2D eigenvalue weighted by Gasteiger charge is 2.49. The number of rotatable bonds is 14. The third-order valence-electron chi connectivity index (χ3n) is 6.49. The van der Waals surface area contributed by atoms with Gasteiger partial charge in [-0.15, -0.1) is 11.8 Å². The number of hydrogen-bond acceptors (Lipinski definition) is 9. The number of thioether (sulfide) groups is 1. The van der Waals surface area contributed by atoms with Gasteiger partial charge in [-0.05, 0) is 16.7 Å². The Hall–Kier alpha value is -3.21. The molecule has 0 aliphatic carbocycles. The van der Waals surface area contributed by atoms with Crippen molar-refractivity contribution in [2.45, 2.75) is 56.6 Å². The van der Waals surface area contributed by atoms with Crippen molar-refractivity contribution in [3.63, 3.8) is 0 Å². The van der Waals surface area contributed by atoms with E-state index in [-0.39, 0.29) is 18.3 Å². The Labute approximate surface area is 245 Å². The summed E-state index contributed by atoms with van der Waals surface area (Å²) in [7, 11) is 1.34. The van der Waals surface area contributed by atoms with Crippen molar-refractivity contribution in [3.05, 3.63) is 108 Å². The first-order valence-electron chi connectivity index (χ1n) is 13.5. The maximum Gasteiger partial charge on any atom is 0.315 e. The first kappa shape index (κ1) is 30.7. The normalized spacial score (nSPS) is 22.1. The van der Waals surface area contributed by atoms with Gasteiger partial charge in [-0.1, -0.05) is 91.0 Å². The zero-order chi connectivity index (χ0) is 28.9. The second-order valence-corrected chi connectivity index (χ2v) is 10.6. The molecule has 9 heteroatoms. The predicted molar refractivity (Wildman–Crippen MR) is 155 cm³/mol. The zero-order valence-electron chi connectivity index (χ0n) is 23.3. The molecule has 1 saturated heterocycles. The van der Waals surface area contributed by atoms with Crippen LogP contribution in [0.1, 0.15) is 23.6 Å². The van der Waals surface area contributed by atoms with E-state index in [9.17, 15) is 9.59 Å². The zero-order valence-corrected chi connectivity index (χ0v) is 24.1. The van der Waals surface area contributed by atoms with Crippen LogP contribution in [0.5, 0.6) is 0 Å². The van der Waals surface area contributed by atoms with Gasteiger partial charge in [0.1, 0.15) is 36.5 Å². The van der Waals surface area contributed by atoms with Crippen LogP contribution in [-0.4, -0.2) is 61.3 Å². The molecule has 0 radical (unpaired) electrons. The number of hydrogen-bond donors (Lipinski definition) is 0. The van der Waals surface area contributed by atoms with Crippen molar-refractivity contribution in [2.75, 3.05) is 19.5 Å². The molecule has 0 spiro atoms. The minimum absolute atomic E-state index is 0.0410. The summed E-state index contributed by atoms with van der Waals surface area (Å²) in [4.78, 5) is 23.9. The number of carbonyl (C=O) groups is 2. The van der Waals surface area contributed by atoms with E-state index in [0.29, 0.717) is 19.8 Å². The topological polar surface area (TPSA) is 89.5 Å². The lowest BCUT2D eigenvalue weighted by atomic mass is 9.99. The molecule has 218 valence electrons. The third kappa shape index (κ3) is 9.69. The smallest absolute Gasteiger partial charge is 0.315 e. The number of ether oxygens (including phenoxy) is 6. The minimum Gasteiger partial charge on any atom is -0.468 e. The summed E-state index contributed by atoms with van der Waals surface area (Å²) < 4.78 is 36.3. The maximum absolute atomic E-state index is 12.1. The summed E-state index contributed by atoms with van der Waals surface area (Å²) in [6, 6.07) is 29.4. The largest absolute Gasteiger partial charge is 0.468 e. The molecule has 0 saturated carbocycles. The van der Waals surface area contributed by atoms with Crippen molar-refractivity contribution < 1.29 is 38.0 Å². The van der Waals surface area contributed by atoms with Gasteiger partial charge in [0, 0.05) is 6.92 Å². The number of esters is 2. The van der Waals surface area contributed by atoms with Crippen molar-refractivity contribution in [3.8, 4) is 0 Å². The molecule has 41 heavy (non-hydrogen) atoms. The van der Waals surface area contributed by atoms with Gasteiger partial charge < -0.3 is 28.4 Å². The van der Waals surface area contributed by atoms with E-state index in [4.69, 9.17) is 28.4 Å². The molecule has 0 bridgehead atoms.